The average molecular weight is 323 g/mol. The van der Waals surface area contributed by atoms with E-state index in [0.29, 0.717) is 10.0 Å². The summed E-state index contributed by atoms with van der Waals surface area (Å²) >= 11 is 11.8. The molecule has 0 saturated heterocycles. The predicted octanol–water partition coefficient (Wildman–Crippen LogP) is 4.24. The summed E-state index contributed by atoms with van der Waals surface area (Å²) < 4.78 is 0. The van der Waals surface area contributed by atoms with E-state index in [0.717, 1.165) is 16.9 Å². The van der Waals surface area contributed by atoms with E-state index >= 15 is 0 Å². The van der Waals surface area contributed by atoms with Gasteiger partial charge in [0.1, 0.15) is 0 Å². The molecule has 0 atom stereocenters. The first-order chi connectivity index (χ1) is 9.95. The average Bonchev–Trinajstić information content (AvgIpc) is 2.43. The van der Waals surface area contributed by atoms with Crippen LogP contribution in [0.1, 0.15) is 5.56 Å². The van der Waals surface area contributed by atoms with Crippen molar-refractivity contribution < 1.29 is 4.79 Å². The SMILES string of the molecule is CN(C)c1ccc(NC(=O)Cc2ccc(Cl)c(Cl)c2)cc1. The Morgan fingerprint density at radius 1 is 1.05 bits per heavy atom. The highest BCUT2D eigenvalue weighted by Gasteiger charge is 2.06. The normalized spacial score (nSPS) is 10.3. The molecule has 0 aromatic heterocycles. The lowest BCUT2D eigenvalue weighted by Gasteiger charge is -2.13. The maximum atomic E-state index is 12.0. The van der Waals surface area contributed by atoms with Gasteiger partial charge in [0.2, 0.25) is 5.91 Å². The molecule has 1 amide bonds. The van der Waals surface area contributed by atoms with Crippen LogP contribution in [0.5, 0.6) is 0 Å². The number of benzene rings is 2. The van der Waals surface area contributed by atoms with Gasteiger partial charge in [0, 0.05) is 25.5 Å². The van der Waals surface area contributed by atoms with Gasteiger partial charge in [-0.1, -0.05) is 29.3 Å². The summed E-state index contributed by atoms with van der Waals surface area (Å²) in [6, 6.07) is 12.9. The molecule has 1 N–H and O–H groups in total. The monoisotopic (exact) mass is 322 g/mol. The van der Waals surface area contributed by atoms with Crippen LogP contribution in [-0.2, 0) is 11.2 Å². The molecule has 21 heavy (non-hydrogen) atoms. The molecule has 2 aromatic carbocycles. The molecule has 0 heterocycles. The fraction of sp³-hybridized carbons (Fsp3) is 0.188. The standard InChI is InChI=1S/C16H16Cl2N2O/c1-20(2)13-6-4-12(5-7-13)19-16(21)10-11-3-8-14(17)15(18)9-11/h3-9H,10H2,1-2H3,(H,19,21). The third kappa shape index (κ3) is 4.38. The summed E-state index contributed by atoms with van der Waals surface area (Å²) in [6.45, 7) is 0. The van der Waals surface area contributed by atoms with Crippen molar-refractivity contribution in [3.05, 3.63) is 58.1 Å². The molecule has 0 unspecified atom stereocenters. The van der Waals surface area contributed by atoms with Gasteiger partial charge in [-0.25, -0.2) is 0 Å². The Kier molecular flexibility index (Phi) is 5.10. The van der Waals surface area contributed by atoms with E-state index in [4.69, 9.17) is 23.2 Å². The first-order valence-corrected chi connectivity index (χ1v) is 7.22. The van der Waals surface area contributed by atoms with Crippen LogP contribution in [0.4, 0.5) is 11.4 Å². The van der Waals surface area contributed by atoms with Crippen LogP contribution in [-0.4, -0.2) is 20.0 Å². The van der Waals surface area contributed by atoms with Crippen molar-refractivity contribution in [1.29, 1.82) is 0 Å². The minimum absolute atomic E-state index is 0.0917. The van der Waals surface area contributed by atoms with E-state index in [1.807, 2.05) is 43.3 Å². The Bertz CT molecular complexity index is 639. The van der Waals surface area contributed by atoms with Crippen molar-refractivity contribution in [1.82, 2.24) is 0 Å². The molecule has 110 valence electrons. The third-order valence-corrected chi connectivity index (χ3v) is 3.76. The number of nitrogens with one attached hydrogen (secondary N) is 1. The summed E-state index contributed by atoms with van der Waals surface area (Å²) in [5.74, 6) is -0.0917. The van der Waals surface area contributed by atoms with Crippen LogP contribution in [0.15, 0.2) is 42.5 Å². The lowest BCUT2D eigenvalue weighted by molar-refractivity contribution is -0.115. The molecule has 0 fully saturated rings. The second-order valence-corrected chi connectivity index (χ2v) is 5.73. The molecule has 0 spiro atoms. The summed E-state index contributed by atoms with van der Waals surface area (Å²) in [5.41, 5.74) is 2.68. The van der Waals surface area contributed by atoms with Gasteiger partial charge in [-0.15, -0.1) is 0 Å². The molecule has 3 nitrogen and oxygen atoms in total. The Morgan fingerprint density at radius 3 is 2.29 bits per heavy atom. The van der Waals surface area contributed by atoms with Crippen LogP contribution in [0.25, 0.3) is 0 Å². The van der Waals surface area contributed by atoms with E-state index in [2.05, 4.69) is 5.32 Å². The maximum Gasteiger partial charge on any atom is 0.228 e. The minimum Gasteiger partial charge on any atom is -0.378 e. The Labute approximate surface area is 134 Å². The minimum atomic E-state index is -0.0917. The predicted molar refractivity (Wildman–Crippen MR) is 89.6 cm³/mol. The summed E-state index contributed by atoms with van der Waals surface area (Å²) in [7, 11) is 3.94. The second kappa shape index (κ2) is 6.83. The molecule has 5 heteroatoms. The molecule has 0 aliphatic carbocycles. The molecule has 2 rings (SSSR count). The summed E-state index contributed by atoms with van der Waals surface area (Å²) in [5, 5.41) is 3.80. The van der Waals surface area contributed by atoms with Gasteiger partial charge >= 0.3 is 0 Å². The fourth-order valence-electron chi connectivity index (χ4n) is 1.88. The van der Waals surface area contributed by atoms with Gasteiger partial charge in [0.25, 0.3) is 0 Å². The zero-order chi connectivity index (χ0) is 15.4. The highest BCUT2D eigenvalue weighted by atomic mass is 35.5. The van der Waals surface area contributed by atoms with E-state index in [9.17, 15) is 4.79 Å². The molecule has 0 aliphatic heterocycles. The maximum absolute atomic E-state index is 12.0. The first kappa shape index (κ1) is 15.7. The van der Waals surface area contributed by atoms with Crippen LogP contribution in [0.3, 0.4) is 0 Å². The molecule has 0 bridgehead atoms. The summed E-state index contributed by atoms with van der Waals surface area (Å²) in [4.78, 5) is 14.0. The highest BCUT2D eigenvalue weighted by Crippen LogP contribution is 2.23. The van der Waals surface area contributed by atoms with Gasteiger partial charge in [-0.2, -0.15) is 0 Å². The number of hydrogen-bond acceptors (Lipinski definition) is 2. The quantitative estimate of drug-likeness (QED) is 0.913. The van der Waals surface area contributed by atoms with Gasteiger partial charge in [0.15, 0.2) is 0 Å². The Morgan fingerprint density at radius 2 is 1.71 bits per heavy atom. The molecule has 2 aromatic rings. The van der Waals surface area contributed by atoms with Gasteiger partial charge in [0.05, 0.1) is 16.5 Å². The Balaban J connectivity index is 1.99. The number of hydrogen-bond donors (Lipinski definition) is 1. The van der Waals surface area contributed by atoms with E-state index in [1.54, 1.807) is 18.2 Å². The van der Waals surface area contributed by atoms with Gasteiger partial charge < -0.3 is 10.2 Å². The van der Waals surface area contributed by atoms with E-state index in [1.165, 1.54) is 0 Å². The first-order valence-electron chi connectivity index (χ1n) is 6.47. The van der Waals surface area contributed by atoms with E-state index < -0.39 is 0 Å². The van der Waals surface area contributed by atoms with Crippen molar-refractivity contribution in [2.45, 2.75) is 6.42 Å². The molecular formula is C16H16Cl2N2O. The van der Waals surface area contributed by atoms with Crippen LogP contribution < -0.4 is 10.2 Å². The summed E-state index contributed by atoms with van der Waals surface area (Å²) in [6.07, 6.45) is 0.256. The zero-order valence-electron chi connectivity index (χ0n) is 11.9. The fourth-order valence-corrected chi connectivity index (χ4v) is 2.20. The lowest BCUT2D eigenvalue weighted by Crippen LogP contribution is -2.14. The zero-order valence-corrected chi connectivity index (χ0v) is 13.4. The van der Waals surface area contributed by atoms with Crippen LogP contribution in [0.2, 0.25) is 10.0 Å². The topological polar surface area (TPSA) is 32.3 Å². The molecule has 0 saturated carbocycles. The largest absolute Gasteiger partial charge is 0.378 e. The number of carbonyl (C=O) groups is 1. The van der Waals surface area contributed by atoms with Gasteiger partial charge in [-0.05, 0) is 42.0 Å². The Hall–Kier alpha value is -1.71. The second-order valence-electron chi connectivity index (χ2n) is 4.91. The number of nitrogens with zero attached hydrogens (tertiary/aromatic N) is 1. The van der Waals surface area contributed by atoms with Crippen molar-refractivity contribution >= 4 is 40.5 Å². The number of halogens is 2. The number of anilines is 2. The van der Waals surface area contributed by atoms with Crippen LogP contribution in [0, 0.1) is 0 Å². The molecule has 0 radical (unpaired) electrons. The van der Waals surface area contributed by atoms with Crippen molar-refractivity contribution in [2.75, 3.05) is 24.3 Å². The lowest BCUT2D eigenvalue weighted by atomic mass is 10.1. The number of carbonyl (C=O) groups excluding carboxylic acids is 1. The van der Waals surface area contributed by atoms with Crippen molar-refractivity contribution in [3.8, 4) is 0 Å². The number of rotatable bonds is 4. The van der Waals surface area contributed by atoms with Crippen molar-refractivity contribution in [2.24, 2.45) is 0 Å². The molecular weight excluding hydrogens is 307 g/mol. The molecule has 0 aliphatic rings. The highest BCUT2D eigenvalue weighted by molar-refractivity contribution is 6.42. The third-order valence-electron chi connectivity index (χ3n) is 3.02. The van der Waals surface area contributed by atoms with Gasteiger partial charge in [-0.3, -0.25) is 4.79 Å². The van der Waals surface area contributed by atoms with E-state index in [-0.39, 0.29) is 12.3 Å². The van der Waals surface area contributed by atoms with Crippen LogP contribution >= 0.6 is 23.2 Å². The number of amides is 1. The smallest absolute Gasteiger partial charge is 0.228 e. The van der Waals surface area contributed by atoms with Crippen molar-refractivity contribution in [3.63, 3.8) is 0 Å².